The van der Waals surface area contributed by atoms with Gasteiger partial charge in [-0.1, -0.05) is 36.4 Å². The maximum absolute atomic E-state index is 12.7. The van der Waals surface area contributed by atoms with Gasteiger partial charge in [0.05, 0.1) is 5.39 Å². The summed E-state index contributed by atoms with van der Waals surface area (Å²) in [6, 6.07) is 14.2. The second-order valence-corrected chi connectivity index (χ2v) is 6.68. The van der Waals surface area contributed by atoms with E-state index in [1.165, 1.54) is 4.68 Å². The Bertz CT molecular complexity index is 1320. The highest BCUT2D eigenvalue weighted by atomic mass is 16.5. The number of aromatic amines is 1. The van der Waals surface area contributed by atoms with E-state index in [0.29, 0.717) is 22.9 Å². The Morgan fingerprint density at radius 1 is 1.03 bits per heavy atom. The number of hydrogen-bond donors (Lipinski definition) is 1. The molecule has 0 unspecified atom stereocenters. The average molecular weight is 389 g/mol. The number of ketones is 1. The molecule has 0 aliphatic rings. The number of aryl methyl sites for hydroxylation is 2. The maximum atomic E-state index is 12.7. The number of Topliss-reactive ketones (excluding diaryl/α,β-unsaturated/α-hetero) is 1. The summed E-state index contributed by atoms with van der Waals surface area (Å²) in [5.74, 6) is -1.05. The molecule has 0 bridgehead atoms. The fourth-order valence-corrected chi connectivity index (χ4v) is 3.51. The van der Waals surface area contributed by atoms with Crippen LogP contribution in [0, 0.1) is 6.92 Å². The molecular formula is C22H19N3O4. The van der Waals surface area contributed by atoms with E-state index >= 15 is 0 Å². The standard InChI is InChI=1S/C22H19N3O4/c1-3-25-21(27)15-9-5-4-8-14(15)20(24-25)22(28)29-12-18(26)19-13(2)23-17-11-7-6-10-16(17)19/h4-11,23H,3,12H2,1-2H3. The van der Waals surface area contributed by atoms with Crippen LogP contribution in [0.5, 0.6) is 0 Å². The molecule has 0 radical (unpaired) electrons. The Kier molecular flexibility index (Phi) is 4.72. The first-order valence-electron chi connectivity index (χ1n) is 9.28. The number of ether oxygens (including phenoxy) is 1. The minimum atomic E-state index is -0.741. The van der Waals surface area contributed by atoms with Crippen LogP contribution in [0.4, 0.5) is 0 Å². The molecule has 0 aliphatic carbocycles. The molecule has 0 aliphatic heterocycles. The van der Waals surface area contributed by atoms with Gasteiger partial charge < -0.3 is 9.72 Å². The molecule has 0 fully saturated rings. The van der Waals surface area contributed by atoms with Crippen LogP contribution >= 0.6 is 0 Å². The van der Waals surface area contributed by atoms with Crippen LogP contribution in [0.15, 0.2) is 53.3 Å². The zero-order chi connectivity index (χ0) is 20.5. The monoisotopic (exact) mass is 389 g/mol. The lowest BCUT2D eigenvalue weighted by Crippen LogP contribution is -2.26. The molecule has 29 heavy (non-hydrogen) atoms. The molecular weight excluding hydrogens is 370 g/mol. The minimum Gasteiger partial charge on any atom is -0.452 e. The highest BCUT2D eigenvalue weighted by Gasteiger charge is 2.21. The van der Waals surface area contributed by atoms with Crippen LogP contribution in [-0.2, 0) is 11.3 Å². The first-order valence-corrected chi connectivity index (χ1v) is 9.28. The molecule has 0 atom stereocenters. The maximum Gasteiger partial charge on any atom is 0.359 e. The van der Waals surface area contributed by atoms with Gasteiger partial charge in [-0.15, -0.1) is 0 Å². The second kappa shape index (κ2) is 7.35. The number of hydrogen-bond acceptors (Lipinski definition) is 5. The molecule has 0 spiro atoms. The molecule has 1 N–H and O–H groups in total. The summed E-state index contributed by atoms with van der Waals surface area (Å²) < 4.78 is 6.50. The highest BCUT2D eigenvalue weighted by molar-refractivity contribution is 6.11. The first-order chi connectivity index (χ1) is 14.0. The molecule has 2 heterocycles. The summed E-state index contributed by atoms with van der Waals surface area (Å²) in [7, 11) is 0. The summed E-state index contributed by atoms with van der Waals surface area (Å²) in [6.07, 6.45) is 0. The van der Waals surface area contributed by atoms with Gasteiger partial charge in [-0.2, -0.15) is 5.10 Å². The van der Waals surface area contributed by atoms with E-state index in [1.54, 1.807) is 38.1 Å². The van der Waals surface area contributed by atoms with E-state index in [2.05, 4.69) is 10.1 Å². The lowest BCUT2D eigenvalue weighted by atomic mass is 10.1. The van der Waals surface area contributed by atoms with Crippen LogP contribution in [-0.4, -0.2) is 33.1 Å². The minimum absolute atomic E-state index is 0.0190. The molecule has 2 aromatic carbocycles. The molecule has 0 amide bonds. The van der Waals surface area contributed by atoms with Crippen LogP contribution < -0.4 is 5.56 Å². The Balaban J connectivity index is 1.64. The number of aromatic nitrogens is 3. The number of carbonyl (C=O) groups excluding carboxylic acids is 2. The normalized spacial score (nSPS) is 11.1. The van der Waals surface area contributed by atoms with E-state index in [9.17, 15) is 14.4 Å². The second-order valence-electron chi connectivity index (χ2n) is 6.68. The van der Waals surface area contributed by atoms with Crippen LogP contribution in [0.3, 0.4) is 0 Å². The highest BCUT2D eigenvalue weighted by Crippen LogP contribution is 2.22. The van der Waals surface area contributed by atoms with Crippen molar-refractivity contribution in [2.45, 2.75) is 20.4 Å². The van der Waals surface area contributed by atoms with Crippen molar-refractivity contribution in [3.8, 4) is 0 Å². The van der Waals surface area contributed by atoms with Gasteiger partial charge in [0.2, 0.25) is 5.78 Å². The predicted octanol–water partition coefficient (Wildman–Crippen LogP) is 3.25. The van der Waals surface area contributed by atoms with E-state index in [-0.39, 0.29) is 17.0 Å². The van der Waals surface area contributed by atoms with Crippen molar-refractivity contribution in [1.29, 1.82) is 0 Å². The van der Waals surface area contributed by atoms with Crippen LogP contribution in [0.1, 0.15) is 33.5 Å². The Morgan fingerprint density at radius 2 is 1.69 bits per heavy atom. The van der Waals surface area contributed by atoms with E-state index in [4.69, 9.17) is 4.74 Å². The number of para-hydroxylation sites is 1. The molecule has 2 aromatic heterocycles. The van der Waals surface area contributed by atoms with E-state index in [0.717, 1.165) is 16.6 Å². The van der Waals surface area contributed by atoms with Crippen LogP contribution in [0.25, 0.3) is 21.7 Å². The third-order valence-electron chi connectivity index (χ3n) is 4.87. The molecule has 4 aromatic rings. The van der Waals surface area contributed by atoms with Crippen molar-refractivity contribution in [2.75, 3.05) is 6.61 Å². The quantitative estimate of drug-likeness (QED) is 0.418. The summed E-state index contributed by atoms with van der Waals surface area (Å²) in [4.78, 5) is 41.0. The molecule has 0 saturated heterocycles. The Hall–Kier alpha value is -3.74. The number of fused-ring (bicyclic) bond motifs is 2. The van der Waals surface area contributed by atoms with Crippen molar-refractivity contribution in [3.63, 3.8) is 0 Å². The zero-order valence-electron chi connectivity index (χ0n) is 16.1. The van der Waals surface area contributed by atoms with Gasteiger partial charge in [0, 0.05) is 34.1 Å². The first kappa shape index (κ1) is 18.6. The number of rotatable bonds is 5. The summed E-state index contributed by atoms with van der Waals surface area (Å²) >= 11 is 0. The zero-order valence-corrected chi connectivity index (χ0v) is 16.1. The number of carbonyl (C=O) groups is 2. The van der Waals surface area contributed by atoms with Gasteiger partial charge in [0.1, 0.15) is 0 Å². The summed E-state index contributed by atoms with van der Waals surface area (Å²) in [5.41, 5.74) is 1.82. The Labute approximate surface area is 165 Å². The predicted molar refractivity (Wildman–Crippen MR) is 109 cm³/mol. The topological polar surface area (TPSA) is 94.1 Å². The summed E-state index contributed by atoms with van der Waals surface area (Å²) in [6.45, 7) is 3.48. The number of H-pyrrole nitrogens is 1. The summed E-state index contributed by atoms with van der Waals surface area (Å²) in [5, 5.41) is 5.72. The third kappa shape index (κ3) is 3.20. The Morgan fingerprint density at radius 3 is 2.41 bits per heavy atom. The van der Waals surface area contributed by atoms with Gasteiger partial charge >= 0.3 is 5.97 Å². The smallest absolute Gasteiger partial charge is 0.359 e. The molecule has 4 rings (SSSR count). The van der Waals surface area contributed by atoms with Crippen molar-refractivity contribution < 1.29 is 14.3 Å². The average Bonchev–Trinajstić information content (AvgIpc) is 3.08. The fraction of sp³-hybridized carbons (Fsp3) is 0.182. The third-order valence-corrected chi connectivity index (χ3v) is 4.87. The molecule has 7 nitrogen and oxygen atoms in total. The van der Waals surface area contributed by atoms with Crippen LogP contribution in [0.2, 0.25) is 0 Å². The SMILES string of the molecule is CCn1nc(C(=O)OCC(=O)c2c(C)[nH]c3ccccc23)c2ccccc2c1=O. The van der Waals surface area contributed by atoms with Gasteiger partial charge in [0.15, 0.2) is 12.3 Å². The van der Waals surface area contributed by atoms with E-state index in [1.807, 2.05) is 24.3 Å². The number of nitrogens with one attached hydrogen (secondary N) is 1. The van der Waals surface area contributed by atoms with Gasteiger partial charge in [-0.3, -0.25) is 9.59 Å². The van der Waals surface area contributed by atoms with Crippen molar-refractivity contribution in [2.24, 2.45) is 0 Å². The number of esters is 1. The van der Waals surface area contributed by atoms with Crippen molar-refractivity contribution in [1.82, 2.24) is 14.8 Å². The van der Waals surface area contributed by atoms with Gasteiger partial charge in [-0.05, 0) is 26.0 Å². The molecule has 7 heteroatoms. The van der Waals surface area contributed by atoms with Crippen molar-refractivity contribution >= 4 is 33.4 Å². The van der Waals surface area contributed by atoms with Gasteiger partial charge in [0.25, 0.3) is 5.56 Å². The molecule has 146 valence electrons. The molecule has 0 saturated carbocycles. The number of benzene rings is 2. The fourth-order valence-electron chi connectivity index (χ4n) is 3.51. The van der Waals surface area contributed by atoms with Gasteiger partial charge in [-0.25, -0.2) is 9.48 Å². The van der Waals surface area contributed by atoms with Crippen molar-refractivity contribution in [3.05, 3.63) is 75.8 Å². The van der Waals surface area contributed by atoms with E-state index < -0.39 is 12.6 Å². The number of nitrogens with zero attached hydrogens (tertiary/aromatic N) is 2. The lowest BCUT2D eigenvalue weighted by Gasteiger charge is -2.09. The largest absolute Gasteiger partial charge is 0.452 e. The lowest BCUT2D eigenvalue weighted by molar-refractivity contribution is 0.0469.